The quantitative estimate of drug-likeness (QED) is 0.810. The van der Waals surface area contributed by atoms with Gasteiger partial charge in [-0.3, -0.25) is 4.79 Å². The average Bonchev–Trinajstić information content (AvgIpc) is 2.34. The van der Waals surface area contributed by atoms with Gasteiger partial charge >= 0.3 is 0 Å². The van der Waals surface area contributed by atoms with Gasteiger partial charge in [0.15, 0.2) is 0 Å². The van der Waals surface area contributed by atoms with Crippen molar-refractivity contribution in [3.8, 4) is 0 Å². The lowest BCUT2D eigenvalue weighted by molar-refractivity contribution is -0.128. The van der Waals surface area contributed by atoms with Crippen LogP contribution in [-0.4, -0.2) is 50.7 Å². The Balaban J connectivity index is 3.15. The van der Waals surface area contributed by atoms with Crippen LogP contribution in [0.25, 0.3) is 0 Å². The van der Waals surface area contributed by atoms with E-state index in [1.807, 2.05) is 0 Å². The van der Waals surface area contributed by atoms with Crippen LogP contribution in [-0.2, 0) is 14.8 Å². The molecule has 0 spiro atoms. The van der Waals surface area contributed by atoms with Crippen molar-refractivity contribution >= 4 is 21.6 Å². The Kier molecular flexibility index (Phi) is 5.13. The number of aryl methyl sites for hydroxylation is 1. The van der Waals surface area contributed by atoms with E-state index in [1.165, 1.54) is 11.0 Å². The van der Waals surface area contributed by atoms with Gasteiger partial charge < -0.3 is 10.6 Å². The Labute approximate surface area is 120 Å². The molecule has 0 saturated heterocycles. The molecule has 0 aromatic heterocycles. The van der Waals surface area contributed by atoms with Crippen LogP contribution in [0.15, 0.2) is 23.1 Å². The minimum absolute atomic E-state index is 0.171. The van der Waals surface area contributed by atoms with Gasteiger partial charge in [-0.05, 0) is 30.7 Å². The van der Waals surface area contributed by atoms with Gasteiger partial charge in [0.25, 0.3) is 0 Å². The molecule has 6 nitrogen and oxygen atoms in total. The fourth-order valence-electron chi connectivity index (χ4n) is 1.76. The summed E-state index contributed by atoms with van der Waals surface area (Å²) < 4.78 is 26.3. The number of likely N-dealkylation sites (N-methyl/N-ethyl adjacent to an activating group) is 2. The zero-order valence-electron chi connectivity index (χ0n) is 12.3. The number of amides is 1. The highest BCUT2D eigenvalue weighted by Crippen LogP contribution is 2.21. The molecule has 0 aliphatic heterocycles. The van der Waals surface area contributed by atoms with E-state index in [0.717, 1.165) is 4.31 Å². The van der Waals surface area contributed by atoms with Crippen molar-refractivity contribution in [2.24, 2.45) is 0 Å². The first kappa shape index (κ1) is 16.5. The third-order valence-electron chi connectivity index (χ3n) is 2.98. The van der Waals surface area contributed by atoms with Gasteiger partial charge in [0.2, 0.25) is 15.9 Å². The maximum Gasteiger partial charge on any atom is 0.243 e. The molecule has 0 atom stereocenters. The molecule has 1 aromatic rings. The van der Waals surface area contributed by atoms with E-state index < -0.39 is 10.0 Å². The third-order valence-corrected chi connectivity index (χ3v) is 5.06. The number of carbonyl (C=O) groups excluding carboxylic acids is 1. The molecule has 0 aliphatic rings. The number of benzene rings is 1. The molecule has 2 N–H and O–H groups in total. The second-order valence-electron chi connectivity index (χ2n) is 4.74. The SMILES string of the molecule is CCN(CC(=O)N(C)C)S(=O)(=O)c1ccc(N)cc1C. The van der Waals surface area contributed by atoms with Crippen LogP contribution in [0, 0.1) is 6.92 Å². The van der Waals surface area contributed by atoms with E-state index in [1.54, 1.807) is 40.1 Å². The third kappa shape index (κ3) is 3.49. The predicted octanol–water partition coefficient (Wildman–Crippen LogP) is 0.676. The van der Waals surface area contributed by atoms with Crippen LogP contribution in [0.4, 0.5) is 5.69 Å². The molecule has 0 bridgehead atoms. The summed E-state index contributed by atoms with van der Waals surface area (Å²) in [4.78, 5) is 13.3. The number of nitrogens with two attached hydrogens (primary N) is 1. The second-order valence-corrected chi connectivity index (χ2v) is 6.65. The molecule has 0 unspecified atom stereocenters. The smallest absolute Gasteiger partial charge is 0.243 e. The zero-order valence-corrected chi connectivity index (χ0v) is 13.1. The van der Waals surface area contributed by atoms with Crippen molar-refractivity contribution in [1.82, 2.24) is 9.21 Å². The molecule has 0 heterocycles. The number of hydrogen-bond acceptors (Lipinski definition) is 4. The summed E-state index contributed by atoms with van der Waals surface area (Å²) in [5.41, 5.74) is 6.71. The highest BCUT2D eigenvalue weighted by Gasteiger charge is 2.27. The molecule has 7 heteroatoms. The Morgan fingerprint density at radius 1 is 1.30 bits per heavy atom. The number of nitrogen functional groups attached to an aromatic ring is 1. The van der Waals surface area contributed by atoms with Crippen LogP contribution in [0.1, 0.15) is 12.5 Å². The fourth-order valence-corrected chi connectivity index (χ4v) is 3.36. The summed E-state index contributed by atoms with van der Waals surface area (Å²) in [6.45, 7) is 3.44. The van der Waals surface area contributed by atoms with Gasteiger partial charge in [0.1, 0.15) is 0 Å². The van der Waals surface area contributed by atoms with E-state index in [2.05, 4.69) is 0 Å². The number of anilines is 1. The predicted molar refractivity (Wildman–Crippen MR) is 78.7 cm³/mol. The molecular weight excluding hydrogens is 278 g/mol. The summed E-state index contributed by atoms with van der Waals surface area (Å²) in [6.07, 6.45) is 0. The molecule has 1 amide bonds. The first-order valence-electron chi connectivity index (χ1n) is 6.26. The number of carbonyl (C=O) groups is 1. The van der Waals surface area contributed by atoms with Crippen LogP contribution >= 0.6 is 0 Å². The van der Waals surface area contributed by atoms with E-state index in [0.29, 0.717) is 11.3 Å². The summed E-state index contributed by atoms with van der Waals surface area (Å²) in [5, 5.41) is 0. The van der Waals surface area contributed by atoms with Crippen molar-refractivity contribution in [3.05, 3.63) is 23.8 Å². The molecule has 0 fully saturated rings. The molecule has 1 rings (SSSR count). The van der Waals surface area contributed by atoms with Crippen molar-refractivity contribution in [3.63, 3.8) is 0 Å². The molecule has 0 radical (unpaired) electrons. The number of nitrogens with zero attached hydrogens (tertiary/aromatic N) is 2. The highest BCUT2D eigenvalue weighted by atomic mass is 32.2. The van der Waals surface area contributed by atoms with Gasteiger partial charge in [0, 0.05) is 26.3 Å². The Morgan fingerprint density at radius 2 is 1.90 bits per heavy atom. The summed E-state index contributed by atoms with van der Waals surface area (Å²) >= 11 is 0. The van der Waals surface area contributed by atoms with E-state index in [9.17, 15) is 13.2 Å². The summed E-state index contributed by atoms with van der Waals surface area (Å²) in [7, 11) is -0.508. The lowest BCUT2D eigenvalue weighted by Crippen LogP contribution is -2.40. The van der Waals surface area contributed by atoms with E-state index in [4.69, 9.17) is 5.73 Å². The lowest BCUT2D eigenvalue weighted by atomic mass is 10.2. The maximum atomic E-state index is 12.6. The topological polar surface area (TPSA) is 83.7 Å². The van der Waals surface area contributed by atoms with Crippen molar-refractivity contribution in [2.45, 2.75) is 18.7 Å². The number of rotatable bonds is 5. The van der Waals surface area contributed by atoms with Gasteiger partial charge in [-0.2, -0.15) is 4.31 Å². The fraction of sp³-hybridized carbons (Fsp3) is 0.462. The molecule has 0 aliphatic carbocycles. The minimum Gasteiger partial charge on any atom is -0.399 e. The van der Waals surface area contributed by atoms with Gasteiger partial charge in [-0.1, -0.05) is 6.92 Å². The highest BCUT2D eigenvalue weighted by molar-refractivity contribution is 7.89. The lowest BCUT2D eigenvalue weighted by Gasteiger charge is -2.22. The monoisotopic (exact) mass is 299 g/mol. The normalized spacial score (nSPS) is 11.7. The van der Waals surface area contributed by atoms with Crippen molar-refractivity contribution < 1.29 is 13.2 Å². The summed E-state index contributed by atoms with van der Waals surface area (Å²) in [6, 6.07) is 4.62. The van der Waals surface area contributed by atoms with Crippen LogP contribution in [0.5, 0.6) is 0 Å². The van der Waals surface area contributed by atoms with Gasteiger partial charge in [-0.15, -0.1) is 0 Å². The number of hydrogen-bond donors (Lipinski definition) is 1. The van der Waals surface area contributed by atoms with E-state index in [-0.39, 0.29) is 23.9 Å². The molecule has 1 aromatic carbocycles. The number of sulfonamides is 1. The van der Waals surface area contributed by atoms with Crippen LogP contribution < -0.4 is 5.73 Å². The molecule has 112 valence electrons. The first-order valence-corrected chi connectivity index (χ1v) is 7.70. The van der Waals surface area contributed by atoms with Crippen molar-refractivity contribution in [1.29, 1.82) is 0 Å². The van der Waals surface area contributed by atoms with Crippen LogP contribution in [0.3, 0.4) is 0 Å². The van der Waals surface area contributed by atoms with Crippen molar-refractivity contribution in [2.75, 3.05) is 32.9 Å². The minimum atomic E-state index is -3.70. The Morgan fingerprint density at radius 3 is 2.35 bits per heavy atom. The second kappa shape index (κ2) is 6.23. The average molecular weight is 299 g/mol. The molecule has 0 saturated carbocycles. The maximum absolute atomic E-state index is 12.6. The Hall–Kier alpha value is -1.60. The van der Waals surface area contributed by atoms with Gasteiger partial charge in [0.05, 0.1) is 11.4 Å². The van der Waals surface area contributed by atoms with Gasteiger partial charge in [-0.25, -0.2) is 8.42 Å². The first-order chi connectivity index (χ1) is 9.20. The standard InChI is InChI=1S/C13H21N3O3S/c1-5-16(9-13(17)15(3)4)20(18,19)12-7-6-11(14)8-10(12)2/h6-8H,5,9,14H2,1-4H3. The van der Waals surface area contributed by atoms with Crippen LogP contribution in [0.2, 0.25) is 0 Å². The largest absolute Gasteiger partial charge is 0.399 e. The van der Waals surface area contributed by atoms with E-state index >= 15 is 0 Å². The molecular formula is C13H21N3O3S. The summed E-state index contributed by atoms with van der Waals surface area (Å²) in [5.74, 6) is -0.261. The Bertz CT molecular complexity index is 597. The zero-order chi connectivity index (χ0) is 15.5. The molecule has 20 heavy (non-hydrogen) atoms.